The Bertz CT molecular complexity index is 407. The monoisotopic (exact) mass is 227 g/mol. The topological polar surface area (TPSA) is 128 Å². The molecule has 1 aromatic carbocycles. The van der Waals surface area contributed by atoms with Crippen molar-refractivity contribution in [3.63, 3.8) is 0 Å². The maximum atomic E-state index is 11.4. The van der Waals surface area contributed by atoms with Gasteiger partial charge in [-0.2, -0.15) is 5.90 Å². The summed E-state index contributed by atoms with van der Waals surface area (Å²) in [5.41, 5.74) is 5.16. The number of benzene rings is 1. The SMILES string of the molecule is NOC(=O)C(N)OC(=O)c1ccccc1[OH2+]. The molecule has 16 heavy (non-hydrogen) atoms. The third-order valence-electron chi connectivity index (χ3n) is 1.73. The maximum Gasteiger partial charge on any atom is 0.381 e. The molecule has 0 aromatic heterocycles. The van der Waals surface area contributed by atoms with Gasteiger partial charge in [0.25, 0.3) is 12.0 Å². The molecule has 1 unspecified atom stereocenters. The first-order valence-corrected chi connectivity index (χ1v) is 4.24. The van der Waals surface area contributed by atoms with E-state index in [0.29, 0.717) is 0 Å². The number of rotatable bonds is 3. The summed E-state index contributed by atoms with van der Waals surface area (Å²) >= 11 is 0. The first-order chi connectivity index (χ1) is 7.56. The molecule has 7 nitrogen and oxygen atoms in total. The summed E-state index contributed by atoms with van der Waals surface area (Å²) in [6.07, 6.45) is -1.60. The number of para-hydroxylation sites is 1. The zero-order valence-electron chi connectivity index (χ0n) is 8.17. The van der Waals surface area contributed by atoms with Gasteiger partial charge in [0.15, 0.2) is 5.56 Å². The van der Waals surface area contributed by atoms with E-state index in [4.69, 9.17) is 10.8 Å². The average Bonchev–Trinajstić information content (AvgIpc) is 2.28. The Hall–Kier alpha value is -2.12. The van der Waals surface area contributed by atoms with E-state index < -0.39 is 18.2 Å². The Morgan fingerprint density at radius 2 is 1.94 bits per heavy atom. The van der Waals surface area contributed by atoms with E-state index in [2.05, 4.69) is 15.5 Å². The predicted molar refractivity (Wildman–Crippen MR) is 53.2 cm³/mol. The van der Waals surface area contributed by atoms with Crippen LogP contribution < -0.4 is 11.6 Å². The number of hydrogen-bond acceptors (Lipinski definition) is 6. The van der Waals surface area contributed by atoms with Crippen molar-refractivity contribution in [3.8, 4) is 5.75 Å². The van der Waals surface area contributed by atoms with E-state index in [0.717, 1.165) is 0 Å². The van der Waals surface area contributed by atoms with Gasteiger partial charge in [-0.05, 0) is 6.07 Å². The molecule has 1 aromatic rings. The summed E-state index contributed by atoms with van der Waals surface area (Å²) in [5.74, 6) is 2.57. The lowest BCUT2D eigenvalue weighted by atomic mass is 10.2. The number of esters is 1. The zero-order chi connectivity index (χ0) is 12.1. The Morgan fingerprint density at radius 1 is 1.31 bits per heavy atom. The highest BCUT2D eigenvalue weighted by atomic mass is 16.7. The third-order valence-corrected chi connectivity index (χ3v) is 1.73. The minimum absolute atomic E-state index is 0.00257. The molecule has 0 aliphatic carbocycles. The second-order valence-electron chi connectivity index (χ2n) is 2.81. The van der Waals surface area contributed by atoms with E-state index in [1.54, 1.807) is 12.1 Å². The second-order valence-corrected chi connectivity index (χ2v) is 2.81. The van der Waals surface area contributed by atoms with Crippen LogP contribution in [0.4, 0.5) is 0 Å². The molecule has 0 fully saturated rings. The molecular weight excluding hydrogens is 216 g/mol. The van der Waals surface area contributed by atoms with Crippen LogP contribution in [-0.2, 0) is 14.4 Å². The van der Waals surface area contributed by atoms with Crippen molar-refractivity contribution in [1.82, 2.24) is 0 Å². The Kier molecular flexibility index (Phi) is 3.81. The van der Waals surface area contributed by atoms with E-state index in [-0.39, 0.29) is 11.3 Å². The molecule has 86 valence electrons. The van der Waals surface area contributed by atoms with Crippen LogP contribution in [0.1, 0.15) is 10.4 Å². The summed E-state index contributed by atoms with van der Waals surface area (Å²) in [6.45, 7) is 0. The van der Waals surface area contributed by atoms with Crippen LogP contribution in [-0.4, -0.2) is 23.3 Å². The minimum atomic E-state index is -1.60. The van der Waals surface area contributed by atoms with Crippen LogP contribution >= 0.6 is 0 Å². The molecule has 0 saturated heterocycles. The van der Waals surface area contributed by atoms with Gasteiger partial charge in [-0.1, -0.05) is 12.1 Å². The Balaban J connectivity index is 2.73. The van der Waals surface area contributed by atoms with Crippen LogP contribution in [0.2, 0.25) is 0 Å². The summed E-state index contributed by atoms with van der Waals surface area (Å²) in [7, 11) is 0. The molecule has 0 heterocycles. The number of carbonyl (C=O) groups is 2. The minimum Gasteiger partial charge on any atom is -0.593 e. The average molecular weight is 227 g/mol. The fraction of sp³-hybridized carbons (Fsp3) is 0.111. The Labute approximate surface area is 90.5 Å². The van der Waals surface area contributed by atoms with Gasteiger partial charge in [-0.3, -0.25) is 5.73 Å². The number of nitrogens with two attached hydrogens (primary N) is 2. The normalized spacial score (nSPS) is 11.6. The smallest absolute Gasteiger partial charge is 0.381 e. The van der Waals surface area contributed by atoms with E-state index in [9.17, 15) is 9.59 Å². The van der Waals surface area contributed by atoms with E-state index in [1.165, 1.54) is 12.1 Å². The predicted octanol–water partition coefficient (Wildman–Crippen LogP) is -1.02. The lowest BCUT2D eigenvalue weighted by Crippen LogP contribution is -2.38. The van der Waals surface area contributed by atoms with E-state index in [1.807, 2.05) is 0 Å². The molecule has 0 aliphatic heterocycles. The molecule has 7 heteroatoms. The van der Waals surface area contributed by atoms with Crippen LogP contribution in [0.15, 0.2) is 24.3 Å². The molecule has 1 rings (SSSR count). The fourth-order valence-electron chi connectivity index (χ4n) is 0.955. The van der Waals surface area contributed by atoms with Crippen molar-refractivity contribution >= 4 is 11.9 Å². The highest BCUT2D eigenvalue weighted by Crippen LogP contribution is 2.16. The zero-order valence-corrected chi connectivity index (χ0v) is 8.17. The van der Waals surface area contributed by atoms with Crippen molar-refractivity contribution in [1.29, 1.82) is 0 Å². The molecule has 0 radical (unpaired) electrons. The molecular formula is C9H11N2O5+. The number of hydrogen-bond donors (Lipinski definition) is 2. The number of ether oxygens (including phenoxy) is 1. The van der Waals surface area contributed by atoms with Crippen molar-refractivity contribution in [2.24, 2.45) is 11.6 Å². The van der Waals surface area contributed by atoms with Gasteiger partial charge in [-0.25, -0.2) is 9.59 Å². The first-order valence-electron chi connectivity index (χ1n) is 4.24. The van der Waals surface area contributed by atoms with E-state index >= 15 is 0 Å². The fourth-order valence-corrected chi connectivity index (χ4v) is 0.955. The molecule has 1 atom stereocenters. The molecule has 0 saturated carbocycles. The largest absolute Gasteiger partial charge is 0.593 e. The molecule has 0 spiro atoms. The van der Waals surface area contributed by atoms with Crippen LogP contribution in [0.25, 0.3) is 0 Å². The van der Waals surface area contributed by atoms with Crippen molar-refractivity contribution in [2.45, 2.75) is 6.23 Å². The molecule has 0 amide bonds. The maximum absolute atomic E-state index is 11.4. The molecule has 6 N–H and O–H groups in total. The molecule has 0 bridgehead atoms. The standard InChI is InChI=1S/C9H10N2O5/c10-7(9(14)16-11)15-8(13)5-3-1-2-4-6(5)12/h1-4,7,12H,10-11H2/p+1. The number of carbonyl (C=O) groups excluding carboxylic acids is 2. The van der Waals surface area contributed by atoms with Gasteiger partial charge < -0.3 is 14.7 Å². The summed E-state index contributed by atoms with van der Waals surface area (Å²) in [4.78, 5) is 26.0. The third kappa shape index (κ3) is 2.69. The Morgan fingerprint density at radius 3 is 2.50 bits per heavy atom. The highest BCUT2D eigenvalue weighted by Gasteiger charge is 2.23. The van der Waals surface area contributed by atoms with Gasteiger partial charge >= 0.3 is 11.9 Å². The van der Waals surface area contributed by atoms with Crippen molar-refractivity contribution in [3.05, 3.63) is 29.8 Å². The van der Waals surface area contributed by atoms with Gasteiger partial charge in [-0.15, -0.1) is 0 Å². The summed E-state index contributed by atoms with van der Waals surface area (Å²) in [5, 5.41) is 7.42. The van der Waals surface area contributed by atoms with Gasteiger partial charge in [0.05, 0.1) is 0 Å². The lowest BCUT2D eigenvalue weighted by molar-refractivity contribution is -0.154. The van der Waals surface area contributed by atoms with Crippen LogP contribution in [0.5, 0.6) is 5.75 Å². The van der Waals surface area contributed by atoms with Crippen LogP contribution in [0.3, 0.4) is 0 Å². The van der Waals surface area contributed by atoms with Gasteiger partial charge in [0.2, 0.25) is 0 Å². The second kappa shape index (κ2) is 5.10. The van der Waals surface area contributed by atoms with Crippen molar-refractivity contribution in [2.75, 3.05) is 0 Å². The quantitative estimate of drug-likeness (QED) is 0.294. The van der Waals surface area contributed by atoms with Crippen molar-refractivity contribution < 1.29 is 24.3 Å². The summed E-state index contributed by atoms with van der Waals surface area (Å²) in [6, 6.07) is 5.93. The summed E-state index contributed by atoms with van der Waals surface area (Å²) < 4.78 is 4.53. The highest BCUT2D eigenvalue weighted by molar-refractivity contribution is 5.93. The lowest BCUT2D eigenvalue weighted by Gasteiger charge is -2.09. The van der Waals surface area contributed by atoms with Crippen LogP contribution in [0, 0.1) is 0 Å². The molecule has 0 aliphatic rings. The van der Waals surface area contributed by atoms with Gasteiger partial charge in [0.1, 0.15) is 0 Å². The first kappa shape index (κ1) is 12.0. The van der Waals surface area contributed by atoms with Gasteiger partial charge in [0, 0.05) is 6.07 Å².